The van der Waals surface area contributed by atoms with E-state index in [0.717, 1.165) is 0 Å². The monoisotopic (exact) mass is 274 g/mol. The van der Waals surface area contributed by atoms with Crippen molar-refractivity contribution in [3.63, 3.8) is 0 Å². The average molecular weight is 274 g/mol. The summed E-state index contributed by atoms with van der Waals surface area (Å²) in [4.78, 5) is 15.7. The van der Waals surface area contributed by atoms with E-state index in [9.17, 15) is 4.79 Å². The van der Waals surface area contributed by atoms with Crippen molar-refractivity contribution in [3.05, 3.63) is 42.5 Å². The molecule has 0 atom stereocenters. The minimum absolute atomic E-state index is 0.0923. The molecule has 0 saturated carbocycles. The van der Waals surface area contributed by atoms with E-state index in [2.05, 4.69) is 10.3 Å². The van der Waals surface area contributed by atoms with Gasteiger partial charge in [0.05, 0.1) is 14.2 Å². The largest absolute Gasteiger partial charge is 0.496 e. The standard InChI is InChI=1S/C14H14N2O4/c1-18-11-8-12(19-2)16-13(9-11)20-14(17)15-10-6-4-3-5-7-10/h3-9H,1-2H3,(H,15,17). The van der Waals surface area contributed by atoms with Crippen molar-refractivity contribution in [2.24, 2.45) is 0 Å². The van der Waals surface area contributed by atoms with Crippen LogP contribution < -0.4 is 19.5 Å². The number of carbonyl (C=O) groups is 1. The number of aromatic nitrogens is 1. The molecule has 2 rings (SSSR count). The number of carbonyl (C=O) groups excluding carboxylic acids is 1. The number of rotatable bonds is 4. The molecule has 0 spiro atoms. The number of benzene rings is 1. The van der Waals surface area contributed by atoms with Gasteiger partial charge in [-0.3, -0.25) is 5.32 Å². The highest BCUT2D eigenvalue weighted by atomic mass is 16.6. The number of methoxy groups -OCH3 is 2. The molecule has 0 saturated heterocycles. The van der Waals surface area contributed by atoms with E-state index in [4.69, 9.17) is 14.2 Å². The maximum absolute atomic E-state index is 11.7. The summed E-state index contributed by atoms with van der Waals surface area (Å²) in [6.45, 7) is 0. The zero-order valence-electron chi connectivity index (χ0n) is 11.1. The second-order valence-corrected chi connectivity index (χ2v) is 3.77. The minimum atomic E-state index is -0.640. The lowest BCUT2D eigenvalue weighted by Gasteiger charge is -2.08. The molecule has 0 bridgehead atoms. The van der Waals surface area contributed by atoms with Crippen LogP contribution in [0.15, 0.2) is 42.5 Å². The molecule has 0 aliphatic rings. The Morgan fingerprint density at radius 2 is 1.75 bits per heavy atom. The highest BCUT2D eigenvalue weighted by molar-refractivity contribution is 5.86. The summed E-state index contributed by atoms with van der Waals surface area (Å²) in [7, 11) is 2.97. The Hall–Kier alpha value is -2.76. The highest BCUT2D eigenvalue weighted by Crippen LogP contribution is 2.23. The first-order valence-corrected chi connectivity index (χ1v) is 5.85. The minimum Gasteiger partial charge on any atom is -0.496 e. The van der Waals surface area contributed by atoms with Crippen LogP contribution in [0, 0.1) is 0 Å². The number of hydrogen-bond donors (Lipinski definition) is 1. The fourth-order valence-electron chi connectivity index (χ4n) is 1.49. The molecule has 6 heteroatoms. The van der Waals surface area contributed by atoms with Crippen molar-refractivity contribution in [1.29, 1.82) is 0 Å². The van der Waals surface area contributed by atoms with Crippen molar-refractivity contribution < 1.29 is 19.0 Å². The van der Waals surface area contributed by atoms with Crippen LogP contribution in [-0.4, -0.2) is 25.3 Å². The lowest BCUT2D eigenvalue weighted by atomic mass is 10.3. The van der Waals surface area contributed by atoms with Gasteiger partial charge in [0.15, 0.2) is 0 Å². The third-order valence-corrected chi connectivity index (χ3v) is 2.41. The molecule has 1 aromatic carbocycles. The first-order chi connectivity index (χ1) is 9.71. The molecule has 2 aromatic rings. The predicted molar refractivity (Wildman–Crippen MR) is 73.4 cm³/mol. The molecule has 0 aliphatic heterocycles. The van der Waals surface area contributed by atoms with E-state index < -0.39 is 6.09 Å². The SMILES string of the molecule is COc1cc(OC)nc(OC(=O)Nc2ccccc2)c1. The van der Waals surface area contributed by atoms with Crippen molar-refractivity contribution in [2.45, 2.75) is 0 Å². The molecule has 1 N–H and O–H groups in total. The normalized spacial score (nSPS) is 9.70. The van der Waals surface area contributed by atoms with Crippen LogP contribution >= 0.6 is 0 Å². The Kier molecular flexibility index (Phi) is 4.39. The van der Waals surface area contributed by atoms with Crippen LogP contribution in [0.5, 0.6) is 17.5 Å². The van der Waals surface area contributed by atoms with Gasteiger partial charge in [-0.05, 0) is 12.1 Å². The van der Waals surface area contributed by atoms with Crippen LogP contribution in [0.2, 0.25) is 0 Å². The predicted octanol–water partition coefficient (Wildman–Crippen LogP) is 2.71. The summed E-state index contributed by atoms with van der Waals surface area (Å²) in [5.41, 5.74) is 0.632. The smallest absolute Gasteiger partial charge is 0.418 e. The van der Waals surface area contributed by atoms with E-state index in [-0.39, 0.29) is 5.88 Å². The number of hydrogen-bond acceptors (Lipinski definition) is 5. The van der Waals surface area contributed by atoms with Gasteiger partial charge in [-0.2, -0.15) is 4.98 Å². The molecule has 104 valence electrons. The van der Waals surface area contributed by atoms with Gasteiger partial charge in [0.25, 0.3) is 0 Å². The Morgan fingerprint density at radius 3 is 2.40 bits per heavy atom. The second kappa shape index (κ2) is 6.42. The number of nitrogens with zero attached hydrogens (tertiary/aromatic N) is 1. The van der Waals surface area contributed by atoms with Crippen molar-refractivity contribution in [1.82, 2.24) is 4.98 Å². The van der Waals surface area contributed by atoms with Gasteiger partial charge in [-0.1, -0.05) is 18.2 Å². The number of anilines is 1. The number of nitrogens with one attached hydrogen (secondary N) is 1. The van der Waals surface area contributed by atoms with E-state index in [1.54, 1.807) is 18.2 Å². The summed E-state index contributed by atoms with van der Waals surface area (Å²) in [6, 6.07) is 12.0. The first-order valence-electron chi connectivity index (χ1n) is 5.85. The lowest BCUT2D eigenvalue weighted by Crippen LogP contribution is -2.17. The quantitative estimate of drug-likeness (QED) is 0.928. The van der Waals surface area contributed by atoms with E-state index in [1.807, 2.05) is 18.2 Å². The Morgan fingerprint density at radius 1 is 1.05 bits per heavy atom. The average Bonchev–Trinajstić information content (AvgIpc) is 2.47. The highest BCUT2D eigenvalue weighted by Gasteiger charge is 2.09. The van der Waals surface area contributed by atoms with Gasteiger partial charge >= 0.3 is 6.09 Å². The number of pyridine rings is 1. The molecule has 20 heavy (non-hydrogen) atoms. The maximum atomic E-state index is 11.7. The van der Waals surface area contributed by atoms with E-state index >= 15 is 0 Å². The molecule has 6 nitrogen and oxygen atoms in total. The van der Waals surface area contributed by atoms with Gasteiger partial charge in [0.1, 0.15) is 5.75 Å². The third kappa shape index (κ3) is 3.61. The molecule has 1 heterocycles. The maximum Gasteiger partial charge on any atom is 0.418 e. The number of ether oxygens (including phenoxy) is 3. The van der Waals surface area contributed by atoms with Gasteiger partial charge in [-0.15, -0.1) is 0 Å². The summed E-state index contributed by atoms with van der Waals surface area (Å²) in [5, 5.41) is 2.58. The zero-order valence-corrected chi connectivity index (χ0v) is 11.1. The fraction of sp³-hybridized carbons (Fsp3) is 0.143. The fourth-order valence-corrected chi connectivity index (χ4v) is 1.49. The van der Waals surface area contributed by atoms with Gasteiger partial charge < -0.3 is 14.2 Å². The van der Waals surface area contributed by atoms with Gasteiger partial charge in [0, 0.05) is 17.8 Å². The van der Waals surface area contributed by atoms with E-state index in [0.29, 0.717) is 17.3 Å². The lowest BCUT2D eigenvalue weighted by molar-refractivity contribution is 0.212. The second-order valence-electron chi connectivity index (χ2n) is 3.77. The van der Waals surface area contributed by atoms with Crippen LogP contribution in [0.25, 0.3) is 0 Å². The summed E-state index contributed by atoms with van der Waals surface area (Å²) < 4.78 is 15.1. The van der Waals surface area contributed by atoms with Crippen LogP contribution in [-0.2, 0) is 0 Å². The molecule has 0 aliphatic carbocycles. The molecule has 0 fully saturated rings. The van der Waals surface area contributed by atoms with Crippen LogP contribution in [0.4, 0.5) is 10.5 Å². The topological polar surface area (TPSA) is 69.7 Å². The molecule has 0 radical (unpaired) electrons. The van der Waals surface area contributed by atoms with Crippen molar-refractivity contribution in [3.8, 4) is 17.5 Å². The van der Waals surface area contributed by atoms with Gasteiger partial charge in [-0.25, -0.2) is 4.79 Å². The van der Waals surface area contributed by atoms with Crippen molar-refractivity contribution in [2.75, 3.05) is 19.5 Å². The molecule has 1 amide bonds. The molecular weight excluding hydrogens is 260 g/mol. The Labute approximate surface area is 116 Å². The Balaban J connectivity index is 2.07. The zero-order chi connectivity index (χ0) is 14.4. The summed E-state index contributed by atoms with van der Waals surface area (Å²) >= 11 is 0. The van der Waals surface area contributed by atoms with Crippen LogP contribution in [0.3, 0.4) is 0 Å². The first kappa shape index (κ1) is 13.7. The summed E-state index contributed by atoms with van der Waals surface area (Å²) in [5.74, 6) is 0.876. The number of amides is 1. The molecule has 0 unspecified atom stereocenters. The van der Waals surface area contributed by atoms with E-state index in [1.165, 1.54) is 20.3 Å². The molecular formula is C14H14N2O4. The van der Waals surface area contributed by atoms with Gasteiger partial charge in [0.2, 0.25) is 11.8 Å². The third-order valence-electron chi connectivity index (χ3n) is 2.41. The number of para-hydroxylation sites is 1. The Bertz CT molecular complexity index is 565. The van der Waals surface area contributed by atoms with Crippen LogP contribution in [0.1, 0.15) is 0 Å². The summed E-state index contributed by atoms with van der Waals surface area (Å²) in [6.07, 6.45) is -0.640. The van der Waals surface area contributed by atoms with Crippen molar-refractivity contribution >= 4 is 11.8 Å². The molecule has 1 aromatic heterocycles.